The van der Waals surface area contributed by atoms with E-state index in [4.69, 9.17) is 15.2 Å². The largest absolute Gasteiger partial charge is 0.496 e. The number of tetrazole rings is 1. The molecule has 178 valence electrons. The fourth-order valence-corrected chi connectivity index (χ4v) is 3.95. The molecule has 0 unspecified atom stereocenters. The second-order valence-electron chi connectivity index (χ2n) is 7.95. The molecular weight excluding hydrogens is 420 g/mol. The van der Waals surface area contributed by atoms with Crippen LogP contribution in [0.2, 0.25) is 0 Å². The van der Waals surface area contributed by atoms with Crippen molar-refractivity contribution in [3.63, 3.8) is 0 Å². The smallest absolute Gasteiger partial charge is 0.222 e. The Labute approximate surface area is 194 Å². The van der Waals surface area contributed by atoms with Gasteiger partial charge in [-0.1, -0.05) is 37.6 Å². The van der Waals surface area contributed by atoms with Gasteiger partial charge in [-0.2, -0.15) is 10.2 Å². The van der Waals surface area contributed by atoms with Crippen molar-refractivity contribution in [3.8, 4) is 5.75 Å². The predicted molar refractivity (Wildman–Crippen MR) is 127 cm³/mol. The van der Waals surface area contributed by atoms with Gasteiger partial charge in [-0.15, -0.1) is 10.2 Å². The number of rotatable bonds is 13. The highest BCUT2D eigenvalue weighted by atomic mass is 16.5. The molecule has 4 N–H and O–H groups in total. The Morgan fingerprint density at radius 1 is 1.12 bits per heavy atom. The van der Waals surface area contributed by atoms with Crippen molar-refractivity contribution in [2.45, 2.75) is 58.4 Å². The number of aromatic nitrogens is 6. The molecule has 0 saturated heterocycles. The van der Waals surface area contributed by atoms with E-state index >= 15 is 0 Å². The van der Waals surface area contributed by atoms with E-state index in [0.717, 1.165) is 59.6 Å². The maximum Gasteiger partial charge on any atom is 0.222 e. The van der Waals surface area contributed by atoms with Gasteiger partial charge < -0.3 is 20.5 Å². The van der Waals surface area contributed by atoms with Gasteiger partial charge in [0.15, 0.2) is 5.82 Å². The predicted octanol–water partition coefficient (Wildman–Crippen LogP) is 2.94. The molecule has 1 aromatic carbocycles. The highest BCUT2D eigenvalue weighted by Crippen LogP contribution is 2.29. The lowest BCUT2D eigenvalue weighted by Crippen LogP contribution is -2.24. The number of ether oxygens (including phenoxy) is 2. The van der Waals surface area contributed by atoms with Crippen molar-refractivity contribution >= 4 is 11.8 Å². The molecule has 0 aliphatic carbocycles. The number of hydrogen-bond donors (Lipinski definition) is 3. The molecule has 3 rings (SSSR count). The van der Waals surface area contributed by atoms with E-state index in [9.17, 15) is 0 Å². The SMILES string of the molecule is CCC[C@@H](CCOC)Nc1nc(N)nc(CC)c1Cc1cc(Cc2nn[nH]n2)ccc1OC. The van der Waals surface area contributed by atoms with Crippen molar-refractivity contribution in [1.82, 2.24) is 30.6 Å². The molecule has 0 spiro atoms. The van der Waals surface area contributed by atoms with Crippen LogP contribution < -0.4 is 15.8 Å². The van der Waals surface area contributed by atoms with E-state index in [1.54, 1.807) is 14.2 Å². The van der Waals surface area contributed by atoms with Crippen LogP contribution in [0.25, 0.3) is 0 Å². The van der Waals surface area contributed by atoms with E-state index in [1.165, 1.54) is 0 Å². The zero-order valence-corrected chi connectivity index (χ0v) is 19.9. The number of hydrogen-bond acceptors (Lipinski definition) is 9. The molecule has 1 atom stereocenters. The lowest BCUT2D eigenvalue weighted by Gasteiger charge is -2.22. The minimum absolute atomic E-state index is 0.235. The number of nitrogens with zero attached hydrogens (tertiary/aromatic N) is 5. The highest BCUT2D eigenvalue weighted by Gasteiger charge is 2.19. The van der Waals surface area contributed by atoms with Gasteiger partial charge in [0.2, 0.25) is 5.95 Å². The molecule has 10 heteroatoms. The molecule has 3 aromatic rings. The molecular formula is C23H34N8O2. The van der Waals surface area contributed by atoms with Crippen LogP contribution >= 0.6 is 0 Å². The standard InChI is InChI=1S/C23H34N8O2/c1-5-7-17(10-11-32-3)25-22-18(19(6-2)26-23(24)27-22)14-16-12-15(8-9-20(16)33-4)13-21-28-30-31-29-21/h8-9,12,17H,5-7,10-11,13-14H2,1-4H3,(H3,24,25,26,27)(H,28,29,30,31)/t17-/m0/s1. The Morgan fingerprint density at radius 3 is 2.64 bits per heavy atom. The zero-order chi connectivity index (χ0) is 23.6. The van der Waals surface area contributed by atoms with Crippen molar-refractivity contribution in [3.05, 3.63) is 46.4 Å². The number of aryl methyl sites for hydroxylation is 1. The Hall–Kier alpha value is -3.27. The minimum atomic E-state index is 0.235. The van der Waals surface area contributed by atoms with Gasteiger partial charge >= 0.3 is 0 Å². The van der Waals surface area contributed by atoms with Gasteiger partial charge in [0.05, 0.1) is 12.8 Å². The van der Waals surface area contributed by atoms with Gasteiger partial charge in [0.25, 0.3) is 0 Å². The molecule has 10 nitrogen and oxygen atoms in total. The second kappa shape index (κ2) is 12.1. The van der Waals surface area contributed by atoms with Crippen molar-refractivity contribution in [2.24, 2.45) is 0 Å². The summed E-state index contributed by atoms with van der Waals surface area (Å²) in [5.74, 6) is 2.50. The third-order valence-corrected chi connectivity index (χ3v) is 5.56. The Bertz CT molecular complexity index is 1010. The molecule has 0 radical (unpaired) electrons. The van der Waals surface area contributed by atoms with Gasteiger partial charge in [-0.3, -0.25) is 0 Å². The topological polar surface area (TPSA) is 137 Å². The number of nitrogens with one attached hydrogen (secondary N) is 2. The fraction of sp³-hybridized carbons (Fsp3) is 0.522. The summed E-state index contributed by atoms with van der Waals surface area (Å²) in [7, 11) is 3.40. The van der Waals surface area contributed by atoms with E-state index in [-0.39, 0.29) is 12.0 Å². The van der Waals surface area contributed by atoms with E-state index in [2.05, 4.69) is 55.8 Å². The molecule has 0 aliphatic rings. The summed E-state index contributed by atoms with van der Waals surface area (Å²) in [6.45, 7) is 4.93. The first-order valence-corrected chi connectivity index (χ1v) is 11.4. The summed E-state index contributed by atoms with van der Waals surface area (Å²) in [6, 6.07) is 6.34. The van der Waals surface area contributed by atoms with Gasteiger partial charge in [0, 0.05) is 38.2 Å². The molecule has 0 fully saturated rings. The van der Waals surface area contributed by atoms with Crippen LogP contribution in [0.15, 0.2) is 18.2 Å². The van der Waals surface area contributed by atoms with Crippen molar-refractivity contribution < 1.29 is 9.47 Å². The molecule has 2 heterocycles. The quantitative estimate of drug-likeness (QED) is 0.356. The van der Waals surface area contributed by atoms with Crippen LogP contribution in [-0.4, -0.2) is 57.5 Å². The van der Waals surface area contributed by atoms with E-state index in [0.29, 0.717) is 25.3 Å². The minimum Gasteiger partial charge on any atom is -0.496 e. The summed E-state index contributed by atoms with van der Waals surface area (Å²) in [5.41, 5.74) is 10.1. The highest BCUT2D eigenvalue weighted by molar-refractivity contribution is 5.54. The Balaban J connectivity index is 1.96. The maximum atomic E-state index is 6.07. The third kappa shape index (κ3) is 6.61. The summed E-state index contributed by atoms with van der Waals surface area (Å²) >= 11 is 0. The first kappa shape index (κ1) is 24.4. The lowest BCUT2D eigenvalue weighted by atomic mass is 9.98. The van der Waals surface area contributed by atoms with E-state index in [1.807, 2.05) is 12.1 Å². The third-order valence-electron chi connectivity index (χ3n) is 5.56. The van der Waals surface area contributed by atoms with Gasteiger partial charge in [0.1, 0.15) is 11.6 Å². The molecule has 33 heavy (non-hydrogen) atoms. The van der Waals surface area contributed by atoms with Crippen LogP contribution in [0, 0.1) is 0 Å². The number of nitrogens with two attached hydrogens (primary N) is 1. The molecule has 2 aromatic heterocycles. The summed E-state index contributed by atoms with van der Waals surface area (Å²) in [4.78, 5) is 9.12. The molecule has 0 amide bonds. The average Bonchev–Trinajstić information content (AvgIpc) is 3.32. The average molecular weight is 455 g/mol. The maximum absolute atomic E-state index is 6.07. The monoisotopic (exact) mass is 454 g/mol. The first-order chi connectivity index (χ1) is 16.1. The van der Waals surface area contributed by atoms with Crippen LogP contribution in [0.4, 0.5) is 11.8 Å². The molecule has 0 aliphatic heterocycles. The number of nitrogen functional groups attached to an aromatic ring is 1. The summed E-state index contributed by atoms with van der Waals surface area (Å²) < 4.78 is 11.0. The van der Waals surface area contributed by atoms with Crippen molar-refractivity contribution in [1.29, 1.82) is 0 Å². The van der Waals surface area contributed by atoms with Gasteiger partial charge in [-0.05, 0) is 36.5 Å². The number of aromatic amines is 1. The van der Waals surface area contributed by atoms with Crippen molar-refractivity contribution in [2.75, 3.05) is 31.9 Å². The Kier molecular flexibility index (Phi) is 8.94. The number of methoxy groups -OCH3 is 2. The van der Waals surface area contributed by atoms with Crippen LogP contribution in [0.5, 0.6) is 5.75 Å². The second-order valence-corrected chi connectivity index (χ2v) is 7.95. The first-order valence-electron chi connectivity index (χ1n) is 11.4. The lowest BCUT2D eigenvalue weighted by molar-refractivity contribution is 0.188. The number of anilines is 2. The van der Waals surface area contributed by atoms with Gasteiger partial charge in [-0.25, -0.2) is 4.98 Å². The molecule has 0 bridgehead atoms. The number of benzene rings is 1. The Morgan fingerprint density at radius 2 is 1.97 bits per heavy atom. The van der Waals surface area contributed by atoms with Crippen LogP contribution in [-0.2, 0) is 24.0 Å². The number of H-pyrrole nitrogens is 1. The van der Waals surface area contributed by atoms with E-state index < -0.39 is 0 Å². The summed E-state index contributed by atoms with van der Waals surface area (Å²) in [5, 5.41) is 17.9. The van der Waals surface area contributed by atoms with Crippen LogP contribution in [0.1, 0.15) is 61.3 Å². The molecule has 0 saturated carbocycles. The summed E-state index contributed by atoms with van der Waals surface area (Å²) in [6.07, 6.45) is 4.89. The van der Waals surface area contributed by atoms with Crippen LogP contribution in [0.3, 0.4) is 0 Å². The normalized spacial score (nSPS) is 12.0. The fourth-order valence-electron chi connectivity index (χ4n) is 3.95. The zero-order valence-electron chi connectivity index (χ0n) is 19.9.